The van der Waals surface area contributed by atoms with Gasteiger partial charge in [-0.15, -0.1) is 15.3 Å². The third-order valence-corrected chi connectivity index (χ3v) is 4.56. The van der Waals surface area contributed by atoms with Crippen LogP contribution in [-0.4, -0.2) is 34.6 Å². The Morgan fingerprint density at radius 1 is 0.929 bits per heavy atom. The maximum absolute atomic E-state index is 6.05. The van der Waals surface area contributed by atoms with Crippen molar-refractivity contribution < 1.29 is 0 Å². The molecule has 9 heteroatoms. The van der Waals surface area contributed by atoms with Gasteiger partial charge in [-0.2, -0.15) is 9.61 Å². The van der Waals surface area contributed by atoms with Crippen LogP contribution in [0.3, 0.4) is 0 Å². The first-order chi connectivity index (χ1) is 13.7. The van der Waals surface area contributed by atoms with E-state index in [4.69, 9.17) is 22.4 Å². The van der Waals surface area contributed by atoms with Crippen molar-refractivity contribution in [2.24, 2.45) is 0 Å². The molecule has 0 aliphatic heterocycles. The van der Waals surface area contributed by atoms with Gasteiger partial charge in [0.05, 0.1) is 0 Å². The largest absolute Gasteiger partial charge is 0.384 e. The van der Waals surface area contributed by atoms with E-state index in [1.807, 2.05) is 54.7 Å². The predicted molar refractivity (Wildman–Crippen MR) is 106 cm³/mol. The van der Waals surface area contributed by atoms with Gasteiger partial charge < -0.3 is 5.73 Å². The van der Waals surface area contributed by atoms with Crippen molar-refractivity contribution in [1.82, 2.24) is 34.6 Å². The lowest BCUT2D eigenvalue weighted by Gasteiger charge is -2.03. The topological polar surface area (TPSA) is 99.8 Å². The zero-order valence-corrected chi connectivity index (χ0v) is 15.2. The summed E-state index contributed by atoms with van der Waals surface area (Å²) in [5.74, 6) is 1.08. The molecule has 5 rings (SSSR count). The number of nitrogens with two attached hydrogens (primary N) is 1. The number of anilines is 1. The highest BCUT2D eigenvalue weighted by molar-refractivity contribution is 6.30. The van der Waals surface area contributed by atoms with E-state index in [9.17, 15) is 0 Å². The second-order valence-electron chi connectivity index (χ2n) is 6.14. The summed E-state index contributed by atoms with van der Waals surface area (Å²) < 4.78 is 3.32. The fraction of sp³-hybridized carbons (Fsp3) is 0. The van der Waals surface area contributed by atoms with Gasteiger partial charge in [0.2, 0.25) is 0 Å². The fourth-order valence-corrected chi connectivity index (χ4v) is 3.11. The molecule has 0 saturated carbocycles. The monoisotopic (exact) mass is 388 g/mol. The van der Waals surface area contributed by atoms with Gasteiger partial charge in [-0.1, -0.05) is 23.7 Å². The number of hydrogen-bond acceptors (Lipinski definition) is 6. The van der Waals surface area contributed by atoms with Crippen molar-refractivity contribution in [2.75, 3.05) is 5.73 Å². The molecule has 1 aromatic carbocycles. The number of aromatic nitrogens is 7. The highest BCUT2D eigenvalue weighted by Crippen LogP contribution is 2.32. The smallest absolute Gasteiger partial charge is 0.177 e. The Kier molecular flexibility index (Phi) is 3.77. The quantitative estimate of drug-likeness (QED) is 0.509. The molecule has 8 nitrogen and oxygen atoms in total. The lowest BCUT2D eigenvalue weighted by molar-refractivity contribution is 0.793. The van der Waals surface area contributed by atoms with E-state index >= 15 is 0 Å². The first kappa shape index (κ1) is 16.4. The van der Waals surface area contributed by atoms with Gasteiger partial charge in [-0.3, -0.25) is 0 Å². The van der Waals surface area contributed by atoms with Crippen LogP contribution in [0.4, 0.5) is 5.82 Å². The zero-order valence-electron chi connectivity index (χ0n) is 14.4. The van der Waals surface area contributed by atoms with E-state index in [-0.39, 0.29) is 0 Å². The van der Waals surface area contributed by atoms with Crippen molar-refractivity contribution in [3.63, 3.8) is 0 Å². The van der Waals surface area contributed by atoms with Gasteiger partial charge in [0.1, 0.15) is 17.8 Å². The van der Waals surface area contributed by atoms with Gasteiger partial charge in [0.15, 0.2) is 11.5 Å². The molecule has 5 aromatic rings. The number of hydrogen-bond donors (Lipinski definition) is 1. The molecular formula is C19H13ClN8. The molecule has 0 saturated heterocycles. The summed E-state index contributed by atoms with van der Waals surface area (Å²) in [6.45, 7) is 0. The van der Waals surface area contributed by atoms with Crippen LogP contribution in [0.1, 0.15) is 0 Å². The lowest BCUT2D eigenvalue weighted by Crippen LogP contribution is -2.02. The maximum atomic E-state index is 6.05. The van der Waals surface area contributed by atoms with Crippen LogP contribution in [0.15, 0.2) is 67.3 Å². The van der Waals surface area contributed by atoms with Crippen LogP contribution in [0, 0.1) is 0 Å². The van der Waals surface area contributed by atoms with Gasteiger partial charge in [0.25, 0.3) is 0 Å². The maximum Gasteiger partial charge on any atom is 0.177 e. The van der Waals surface area contributed by atoms with Crippen LogP contribution in [0.2, 0.25) is 5.02 Å². The fourth-order valence-electron chi connectivity index (χ4n) is 2.98. The zero-order chi connectivity index (χ0) is 19.1. The molecule has 4 heterocycles. The number of rotatable bonds is 3. The summed E-state index contributed by atoms with van der Waals surface area (Å²) in [6, 6.07) is 14.9. The lowest BCUT2D eigenvalue weighted by atomic mass is 10.0. The van der Waals surface area contributed by atoms with E-state index in [2.05, 4.69) is 20.3 Å². The van der Waals surface area contributed by atoms with E-state index in [1.54, 1.807) is 21.7 Å². The molecule has 0 amide bonds. The second-order valence-corrected chi connectivity index (χ2v) is 6.57. The van der Waals surface area contributed by atoms with Crippen molar-refractivity contribution in [2.45, 2.75) is 0 Å². The first-order valence-corrected chi connectivity index (χ1v) is 8.80. The number of nitrogens with zero attached hydrogens (tertiary/aromatic N) is 7. The third-order valence-electron chi connectivity index (χ3n) is 4.31. The van der Waals surface area contributed by atoms with E-state index < -0.39 is 0 Å². The van der Waals surface area contributed by atoms with Crippen LogP contribution < -0.4 is 5.73 Å². The Morgan fingerprint density at radius 2 is 1.79 bits per heavy atom. The van der Waals surface area contributed by atoms with Gasteiger partial charge >= 0.3 is 0 Å². The summed E-state index contributed by atoms with van der Waals surface area (Å²) in [7, 11) is 0. The first-order valence-electron chi connectivity index (χ1n) is 8.42. The molecule has 0 atom stereocenters. The molecule has 28 heavy (non-hydrogen) atoms. The molecule has 0 aliphatic carbocycles. The molecular weight excluding hydrogens is 376 g/mol. The molecule has 4 aromatic heterocycles. The molecule has 0 unspecified atom stereocenters. The number of fused-ring (bicyclic) bond motifs is 1. The van der Waals surface area contributed by atoms with E-state index in [1.165, 1.54) is 0 Å². The molecule has 0 spiro atoms. The van der Waals surface area contributed by atoms with Crippen molar-refractivity contribution in [1.29, 1.82) is 0 Å². The molecule has 0 bridgehead atoms. The van der Waals surface area contributed by atoms with Crippen LogP contribution in [0.25, 0.3) is 33.8 Å². The molecule has 136 valence electrons. The average Bonchev–Trinajstić information content (AvgIpc) is 3.35. The predicted octanol–water partition coefficient (Wildman–Crippen LogP) is 3.27. The standard InChI is InChI=1S/C19H13ClN8/c20-14-3-1-12(2-4-14)19-15(13-7-8-22-16(21)9-13)10-27(26-19)18-6-5-17-24-23-11-28(17)25-18/h1-11H,(H2,21,22). The minimum Gasteiger partial charge on any atom is -0.384 e. The summed E-state index contributed by atoms with van der Waals surface area (Å²) in [4.78, 5) is 4.08. The minimum atomic E-state index is 0.441. The SMILES string of the molecule is Nc1cc(-c2cn(-c3ccc4nncn4n3)nc2-c2ccc(Cl)cc2)ccn1. The van der Waals surface area contributed by atoms with Gasteiger partial charge in [-0.05, 0) is 42.0 Å². The van der Waals surface area contributed by atoms with Crippen LogP contribution in [-0.2, 0) is 0 Å². The van der Waals surface area contributed by atoms with Crippen molar-refractivity contribution in [3.05, 3.63) is 72.3 Å². The van der Waals surface area contributed by atoms with Crippen LogP contribution in [0.5, 0.6) is 0 Å². The number of pyridine rings is 1. The second kappa shape index (κ2) is 6.43. The van der Waals surface area contributed by atoms with Crippen molar-refractivity contribution in [3.8, 4) is 28.2 Å². The molecule has 0 aliphatic rings. The Morgan fingerprint density at radius 3 is 2.61 bits per heavy atom. The summed E-state index contributed by atoms with van der Waals surface area (Å²) >= 11 is 6.05. The highest BCUT2D eigenvalue weighted by Gasteiger charge is 2.15. The Balaban J connectivity index is 1.71. The normalized spacial score (nSPS) is 11.2. The average molecular weight is 389 g/mol. The number of benzene rings is 1. The highest BCUT2D eigenvalue weighted by atomic mass is 35.5. The third kappa shape index (κ3) is 2.85. The molecule has 0 radical (unpaired) electrons. The minimum absolute atomic E-state index is 0.441. The van der Waals surface area contributed by atoms with Crippen LogP contribution >= 0.6 is 11.6 Å². The Labute approximate surface area is 164 Å². The molecule has 0 fully saturated rings. The van der Waals surface area contributed by atoms with Gasteiger partial charge in [0, 0.05) is 28.5 Å². The summed E-state index contributed by atoms with van der Waals surface area (Å²) in [6.07, 6.45) is 5.14. The Bertz CT molecular complexity index is 1290. The molecule has 2 N–H and O–H groups in total. The Hall–Kier alpha value is -3.78. The van der Waals surface area contributed by atoms with E-state index in [0.29, 0.717) is 22.3 Å². The summed E-state index contributed by atoms with van der Waals surface area (Å²) in [5.41, 5.74) is 10.1. The summed E-state index contributed by atoms with van der Waals surface area (Å²) in [5, 5.41) is 17.8. The van der Waals surface area contributed by atoms with Crippen molar-refractivity contribution >= 4 is 23.1 Å². The number of nitrogen functional groups attached to an aromatic ring is 1. The van der Waals surface area contributed by atoms with E-state index in [0.717, 1.165) is 22.4 Å². The number of halogens is 1. The van der Waals surface area contributed by atoms with Gasteiger partial charge in [-0.25, -0.2) is 9.67 Å².